The molecule has 1 saturated heterocycles. The highest BCUT2D eigenvalue weighted by atomic mass is 32.2. The van der Waals surface area contributed by atoms with E-state index in [1.807, 2.05) is 37.4 Å². The Kier molecular flexibility index (Phi) is 6.59. The van der Waals surface area contributed by atoms with Crippen LogP contribution >= 0.6 is 0 Å². The number of benzene rings is 1. The SMILES string of the molecule is CN1CCCC[C@H]1C(=O)NCCCS(=O)(=O)Cc1ccccc1. The van der Waals surface area contributed by atoms with Gasteiger partial charge in [-0.1, -0.05) is 36.8 Å². The molecule has 0 aromatic heterocycles. The lowest BCUT2D eigenvalue weighted by Crippen LogP contribution is -2.47. The minimum atomic E-state index is -3.13. The van der Waals surface area contributed by atoms with E-state index >= 15 is 0 Å². The fraction of sp³-hybridized carbons (Fsp3) is 0.588. The Balaban J connectivity index is 1.71. The molecule has 1 atom stereocenters. The zero-order valence-electron chi connectivity index (χ0n) is 13.7. The minimum absolute atomic E-state index is 0.0210. The number of carbonyl (C=O) groups excluding carboxylic acids is 1. The summed E-state index contributed by atoms with van der Waals surface area (Å²) in [4.78, 5) is 14.2. The number of piperidine rings is 1. The van der Waals surface area contributed by atoms with Crippen molar-refractivity contribution in [3.05, 3.63) is 35.9 Å². The molecule has 0 unspecified atom stereocenters. The molecule has 0 spiro atoms. The Labute approximate surface area is 139 Å². The highest BCUT2D eigenvalue weighted by Gasteiger charge is 2.25. The molecule has 0 radical (unpaired) electrons. The van der Waals surface area contributed by atoms with E-state index in [1.165, 1.54) is 0 Å². The first kappa shape index (κ1) is 17.9. The lowest BCUT2D eigenvalue weighted by Gasteiger charge is -2.31. The third kappa shape index (κ3) is 5.95. The number of amides is 1. The summed E-state index contributed by atoms with van der Waals surface area (Å²) < 4.78 is 24.2. The molecule has 1 N–H and O–H groups in total. The average molecular weight is 338 g/mol. The van der Waals surface area contributed by atoms with Gasteiger partial charge in [-0.2, -0.15) is 0 Å². The molecule has 1 fully saturated rings. The zero-order valence-corrected chi connectivity index (χ0v) is 14.5. The van der Waals surface area contributed by atoms with Crippen molar-refractivity contribution in [3.63, 3.8) is 0 Å². The number of rotatable bonds is 7. The van der Waals surface area contributed by atoms with Crippen LogP contribution in [-0.2, 0) is 20.4 Å². The molecule has 6 heteroatoms. The van der Waals surface area contributed by atoms with Crippen molar-refractivity contribution in [2.24, 2.45) is 0 Å². The van der Waals surface area contributed by atoms with E-state index in [9.17, 15) is 13.2 Å². The molecule has 23 heavy (non-hydrogen) atoms. The van der Waals surface area contributed by atoms with Gasteiger partial charge in [-0.05, 0) is 38.4 Å². The average Bonchev–Trinajstić information content (AvgIpc) is 2.52. The lowest BCUT2D eigenvalue weighted by molar-refractivity contribution is -0.126. The van der Waals surface area contributed by atoms with Gasteiger partial charge in [0.15, 0.2) is 9.84 Å². The van der Waals surface area contributed by atoms with Crippen LogP contribution in [0.25, 0.3) is 0 Å². The van der Waals surface area contributed by atoms with Crippen LogP contribution in [0.3, 0.4) is 0 Å². The van der Waals surface area contributed by atoms with E-state index < -0.39 is 9.84 Å². The Bertz CT molecular complexity index is 602. The molecule has 2 rings (SSSR count). The van der Waals surface area contributed by atoms with Crippen LogP contribution in [0, 0.1) is 0 Å². The Morgan fingerprint density at radius 2 is 2.00 bits per heavy atom. The number of nitrogens with one attached hydrogen (secondary N) is 1. The summed E-state index contributed by atoms with van der Waals surface area (Å²) in [7, 11) is -1.16. The fourth-order valence-electron chi connectivity index (χ4n) is 2.93. The molecule has 1 aliphatic heterocycles. The van der Waals surface area contributed by atoms with E-state index in [0.29, 0.717) is 13.0 Å². The quantitative estimate of drug-likeness (QED) is 0.767. The van der Waals surface area contributed by atoms with Gasteiger partial charge in [0.2, 0.25) is 5.91 Å². The highest BCUT2D eigenvalue weighted by molar-refractivity contribution is 7.90. The first-order valence-electron chi connectivity index (χ1n) is 8.20. The van der Waals surface area contributed by atoms with Crippen LogP contribution in [-0.4, -0.2) is 51.2 Å². The van der Waals surface area contributed by atoms with Gasteiger partial charge in [-0.25, -0.2) is 8.42 Å². The largest absolute Gasteiger partial charge is 0.355 e. The van der Waals surface area contributed by atoms with E-state index in [-0.39, 0.29) is 23.5 Å². The Morgan fingerprint density at radius 1 is 1.26 bits per heavy atom. The first-order chi connectivity index (χ1) is 11.0. The highest BCUT2D eigenvalue weighted by Crippen LogP contribution is 2.14. The summed E-state index contributed by atoms with van der Waals surface area (Å²) >= 11 is 0. The van der Waals surface area contributed by atoms with E-state index in [1.54, 1.807) is 0 Å². The van der Waals surface area contributed by atoms with E-state index in [0.717, 1.165) is 31.4 Å². The third-order valence-corrected chi connectivity index (χ3v) is 5.92. The smallest absolute Gasteiger partial charge is 0.237 e. The number of hydrogen-bond donors (Lipinski definition) is 1. The molecule has 1 aromatic rings. The molecule has 0 aliphatic carbocycles. The summed E-state index contributed by atoms with van der Waals surface area (Å²) in [5.74, 6) is 0.184. The van der Waals surface area contributed by atoms with Crippen molar-refractivity contribution in [1.82, 2.24) is 10.2 Å². The Hall–Kier alpha value is -1.40. The van der Waals surface area contributed by atoms with Crippen molar-refractivity contribution in [3.8, 4) is 0 Å². The molecule has 5 nitrogen and oxygen atoms in total. The van der Waals surface area contributed by atoms with Gasteiger partial charge in [-0.15, -0.1) is 0 Å². The summed E-state index contributed by atoms with van der Waals surface area (Å²) in [6.45, 7) is 1.36. The minimum Gasteiger partial charge on any atom is -0.355 e. The van der Waals surface area contributed by atoms with Crippen LogP contribution in [0.2, 0.25) is 0 Å². The van der Waals surface area contributed by atoms with Crippen molar-refractivity contribution in [2.45, 2.75) is 37.5 Å². The third-order valence-electron chi connectivity index (χ3n) is 4.23. The lowest BCUT2D eigenvalue weighted by atomic mass is 10.0. The molecular formula is C17H26N2O3S. The summed E-state index contributed by atoms with van der Waals surface area (Å²) in [6, 6.07) is 9.12. The van der Waals surface area contributed by atoms with Crippen LogP contribution < -0.4 is 5.32 Å². The first-order valence-corrected chi connectivity index (χ1v) is 10.0. The number of likely N-dealkylation sites (tertiary alicyclic amines) is 1. The van der Waals surface area contributed by atoms with Crippen molar-refractivity contribution >= 4 is 15.7 Å². The standard InChI is InChI=1S/C17H26N2O3S/c1-19-12-6-5-10-16(19)17(20)18-11-7-13-23(21,22)14-15-8-3-2-4-9-15/h2-4,8-9,16H,5-7,10-14H2,1H3,(H,18,20)/t16-/m0/s1. The van der Waals surface area contributed by atoms with Gasteiger partial charge in [-0.3, -0.25) is 9.69 Å². The summed E-state index contributed by atoms with van der Waals surface area (Å²) in [5, 5.41) is 2.87. The van der Waals surface area contributed by atoms with Gasteiger partial charge < -0.3 is 5.32 Å². The van der Waals surface area contributed by atoms with Crippen LogP contribution in [0.5, 0.6) is 0 Å². The molecule has 1 heterocycles. The predicted octanol–water partition coefficient (Wildman–Crippen LogP) is 1.59. The molecule has 1 aromatic carbocycles. The Morgan fingerprint density at radius 3 is 2.70 bits per heavy atom. The van der Waals surface area contributed by atoms with Crippen molar-refractivity contribution < 1.29 is 13.2 Å². The maximum atomic E-state index is 12.1. The molecule has 1 aliphatic rings. The normalized spacial score (nSPS) is 19.4. The van der Waals surface area contributed by atoms with Crippen LogP contribution in [0.4, 0.5) is 0 Å². The van der Waals surface area contributed by atoms with Gasteiger partial charge in [0, 0.05) is 6.54 Å². The van der Waals surface area contributed by atoms with Gasteiger partial charge >= 0.3 is 0 Å². The molecule has 0 saturated carbocycles. The maximum absolute atomic E-state index is 12.1. The second kappa shape index (κ2) is 8.45. The predicted molar refractivity (Wildman–Crippen MR) is 91.8 cm³/mol. The molecular weight excluding hydrogens is 312 g/mol. The summed E-state index contributed by atoms with van der Waals surface area (Å²) in [5.41, 5.74) is 0.806. The van der Waals surface area contributed by atoms with Crippen molar-refractivity contribution in [1.29, 1.82) is 0 Å². The topological polar surface area (TPSA) is 66.5 Å². The van der Waals surface area contributed by atoms with Crippen LogP contribution in [0.1, 0.15) is 31.2 Å². The molecule has 1 amide bonds. The van der Waals surface area contributed by atoms with E-state index in [4.69, 9.17) is 0 Å². The second-order valence-electron chi connectivity index (χ2n) is 6.21. The molecule has 128 valence electrons. The monoisotopic (exact) mass is 338 g/mol. The van der Waals surface area contributed by atoms with Crippen LogP contribution in [0.15, 0.2) is 30.3 Å². The van der Waals surface area contributed by atoms with Gasteiger partial charge in [0.25, 0.3) is 0 Å². The number of sulfone groups is 1. The zero-order chi connectivity index (χ0) is 16.7. The summed E-state index contributed by atoms with van der Waals surface area (Å²) in [6.07, 6.45) is 3.55. The van der Waals surface area contributed by atoms with E-state index in [2.05, 4.69) is 10.2 Å². The van der Waals surface area contributed by atoms with Gasteiger partial charge in [0.1, 0.15) is 0 Å². The number of hydrogen-bond acceptors (Lipinski definition) is 4. The second-order valence-corrected chi connectivity index (χ2v) is 8.40. The molecule has 0 bridgehead atoms. The van der Waals surface area contributed by atoms with Crippen molar-refractivity contribution in [2.75, 3.05) is 25.9 Å². The number of carbonyl (C=O) groups is 1. The number of likely N-dealkylation sites (N-methyl/N-ethyl adjacent to an activating group) is 1. The fourth-order valence-corrected chi connectivity index (χ4v) is 4.36. The number of nitrogens with zero attached hydrogens (tertiary/aromatic N) is 1. The van der Waals surface area contributed by atoms with Gasteiger partial charge in [0.05, 0.1) is 17.5 Å². The maximum Gasteiger partial charge on any atom is 0.237 e.